The Morgan fingerprint density at radius 3 is 2.94 bits per heavy atom. The molecule has 18 heavy (non-hydrogen) atoms. The van der Waals surface area contributed by atoms with Crippen LogP contribution in [0.1, 0.15) is 37.6 Å². The molecule has 1 aliphatic carbocycles. The molecule has 3 nitrogen and oxygen atoms in total. The third-order valence-corrected chi connectivity index (χ3v) is 3.25. The number of ether oxygens (including phenoxy) is 1. The predicted octanol–water partition coefficient (Wildman–Crippen LogP) is 3.14. The van der Waals surface area contributed by atoms with Crippen molar-refractivity contribution in [3.8, 4) is 0 Å². The lowest BCUT2D eigenvalue weighted by Gasteiger charge is -2.20. The van der Waals surface area contributed by atoms with Gasteiger partial charge in [-0.15, -0.1) is 0 Å². The number of rotatable bonds is 3. The van der Waals surface area contributed by atoms with Crippen molar-refractivity contribution in [3.63, 3.8) is 0 Å². The second kappa shape index (κ2) is 5.80. The molecule has 1 atom stereocenters. The van der Waals surface area contributed by atoms with E-state index in [0.29, 0.717) is 6.61 Å². The van der Waals surface area contributed by atoms with Gasteiger partial charge in [-0.1, -0.05) is 12.1 Å². The number of hydrogen-bond donors (Lipinski definition) is 0. The van der Waals surface area contributed by atoms with E-state index in [0.717, 1.165) is 30.7 Å². The first kappa shape index (κ1) is 12.8. The average molecular weight is 245 g/mol. The van der Waals surface area contributed by atoms with Crippen LogP contribution in [0.25, 0.3) is 5.57 Å². The van der Waals surface area contributed by atoms with E-state index in [9.17, 15) is 4.79 Å². The van der Waals surface area contributed by atoms with E-state index >= 15 is 0 Å². The molecule has 0 bridgehead atoms. The highest BCUT2D eigenvalue weighted by Gasteiger charge is 2.23. The van der Waals surface area contributed by atoms with Crippen molar-refractivity contribution < 1.29 is 9.53 Å². The Bertz CT molecular complexity index is 465. The van der Waals surface area contributed by atoms with Crippen molar-refractivity contribution in [3.05, 3.63) is 35.7 Å². The van der Waals surface area contributed by atoms with Crippen LogP contribution in [0.2, 0.25) is 0 Å². The summed E-state index contributed by atoms with van der Waals surface area (Å²) in [6, 6.07) is 6.05. The third-order valence-electron chi connectivity index (χ3n) is 3.25. The molecule has 0 saturated heterocycles. The van der Waals surface area contributed by atoms with Crippen molar-refractivity contribution >= 4 is 11.5 Å². The molecule has 96 valence electrons. The number of esters is 1. The molecule has 0 N–H and O–H groups in total. The average Bonchev–Trinajstić information content (AvgIpc) is 2.39. The van der Waals surface area contributed by atoms with E-state index in [1.807, 2.05) is 32.0 Å². The Kier molecular flexibility index (Phi) is 4.13. The molecule has 0 unspecified atom stereocenters. The van der Waals surface area contributed by atoms with Crippen molar-refractivity contribution in [2.45, 2.75) is 33.1 Å². The molecule has 0 aliphatic heterocycles. The molecule has 3 heteroatoms. The van der Waals surface area contributed by atoms with Crippen molar-refractivity contribution in [2.24, 2.45) is 5.92 Å². The van der Waals surface area contributed by atoms with E-state index < -0.39 is 0 Å². The van der Waals surface area contributed by atoms with Crippen LogP contribution in [0.3, 0.4) is 0 Å². The second-order valence-corrected chi connectivity index (χ2v) is 4.62. The Hall–Kier alpha value is -1.64. The Morgan fingerprint density at radius 1 is 1.50 bits per heavy atom. The molecule has 2 rings (SSSR count). The Labute approximate surface area is 108 Å². The summed E-state index contributed by atoms with van der Waals surface area (Å²) in [5.41, 5.74) is 3.32. The number of carbonyl (C=O) groups is 1. The third kappa shape index (κ3) is 2.97. The minimum Gasteiger partial charge on any atom is -0.466 e. The summed E-state index contributed by atoms with van der Waals surface area (Å²) < 4.78 is 5.06. The van der Waals surface area contributed by atoms with Crippen LogP contribution < -0.4 is 0 Å². The van der Waals surface area contributed by atoms with Gasteiger partial charge in [0.1, 0.15) is 0 Å². The lowest BCUT2D eigenvalue weighted by atomic mass is 9.88. The summed E-state index contributed by atoms with van der Waals surface area (Å²) in [5, 5.41) is 0. The number of hydrogen-bond acceptors (Lipinski definition) is 3. The molecular formula is C15H19NO2. The molecule has 0 spiro atoms. The minimum atomic E-state index is -0.0648. The zero-order chi connectivity index (χ0) is 13.0. The maximum atomic E-state index is 11.6. The van der Waals surface area contributed by atoms with Crippen LogP contribution in [-0.4, -0.2) is 17.6 Å². The Morgan fingerprint density at radius 2 is 2.33 bits per heavy atom. The first-order valence-corrected chi connectivity index (χ1v) is 6.50. The first-order valence-electron chi connectivity index (χ1n) is 6.50. The molecule has 1 aliphatic rings. The molecule has 0 fully saturated rings. The van der Waals surface area contributed by atoms with Crippen molar-refractivity contribution in [1.29, 1.82) is 0 Å². The van der Waals surface area contributed by atoms with Gasteiger partial charge < -0.3 is 4.74 Å². The zero-order valence-electron chi connectivity index (χ0n) is 11.0. The lowest BCUT2D eigenvalue weighted by Crippen LogP contribution is -2.19. The minimum absolute atomic E-state index is 0.0264. The monoisotopic (exact) mass is 245 g/mol. The van der Waals surface area contributed by atoms with Gasteiger partial charge in [-0.25, -0.2) is 0 Å². The summed E-state index contributed by atoms with van der Waals surface area (Å²) >= 11 is 0. The van der Waals surface area contributed by atoms with E-state index in [1.54, 1.807) is 0 Å². The molecular weight excluding hydrogens is 226 g/mol. The Balaban J connectivity index is 2.05. The highest BCUT2D eigenvalue weighted by atomic mass is 16.5. The lowest BCUT2D eigenvalue weighted by molar-refractivity contribution is -0.148. The number of pyridine rings is 1. The summed E-state index contributed by atoms with van der Waals surface area (Å²) in [6.45, 7) is 4.30. The summed E-state index contributed by atoms with van der Waals surface area (Å²) in [4.78, 5) is 16.1. The van der Waals surface area contributed by atoms with E-state index in [1.165, 1.54) is 5.57 Å². The highest BCUT2D eigenvalue weighted by Crippen LogP contribution is 2.29. The molecule has 0 aromatic carbocycles. The molecule has 1 aromatic rings. The van der Waals surface area contributed by atoms with Crippen LogP contribution in [0.15, 0.2) is 24.3 Å². The van der Waals surface area contributed by atoms with Crippen molar-refractivity contribution in [2.75, 3.05) is 6.61 Å². The van der Waals surface area contributed by atoms with Crippen molar-refractivity contribution in [1.82, 2.24) is 4.98 Å². The second-order valence-electron chi connectivity index (χ2n) is 4.62. The summed E-state index contributed by atoms with van der Waals surface area (Å²) in [5.74, 6) is -0.0384. The van der Waals surface area contributed by atoms with Crippen LogP contribution in [-0.2, 0) is 9.53 Å². The molecule has 0 saturated carbocycles. The van der Waals surface area contributed by atoms with Gasteiger partial charge in [-0.05, 0) is 50.8 Å². The highest BCUT2D eigenvalue weighted by molar-refractivity contribution is 5.75. The fourth-order valence-electron chi connectivity index (χ4n) is 2.26. The van der Waals surface area contributed by atoms with Gasteiger partial charge in [-0.2, -0.15) is 0 Å². The maximum Gasteiger partial charge on any atom is 0.309 e. The largest absolute Gasteiger partial charge is 0.466 e. The van der Waals surface area contributed by atoms with Gasteiger partial charge in [0, 0.05) is 5.69 Å². The predicted molar refractivity (Wildman–Crippen MR) is 70.9 cm³/mol. The maximum absolute atomic E-state index is 11.6. The van der Waals surface area contributed by atoms with Gasteiger partial charge >= 0.3 is 5.97 Å². The fourth-order valence-corrected chi connectivity index (χ4v) is 2.26. The van der Waals surface area contributed by atoms with E-state index in [2.05, 4.69) is 11.1 Å². The topological polar surface area (TPSA) is 39.2 Å². The molecule has 1 aromatic heterocycles. The SMILES string of the molecule is CCOC(=O)[C@H]1CC=C(c2cccc(C)n2)CC1. The van der Waals surface area contributed by atoms with E-state index in [4.69, 9.17) is 4.74 Å². The van der Waals surface area contributed by atoms with Gasteiger partial charge in [0.15, 0.2) is 0 Å². The first-order chi connectivity index (χ1) is 8.70. The van der Waals surface area contributed by atoms with Crippen LogP contribution in [0.4, 0.5) is 0 Å². The smallest absolute Gasteiger partial charge is 0.309 e. The molecule has 1 heterocycles. The number of nitrogens with zero attached hydrogens (tertiary/aromatic N) is 1. The number of aromatic nitrogens is 1. The van der Waals surface area contributed by atoms with Gasteiger partial charge in [0.05, 0.1) is 18.2 Å². The van der Waals surface area contributed by atoms with Crippen LogP contribution >= 0.6 is 0 Å². The zero-order valence-corrected chi connectivity index (χ0v) is 11.0. The normalized spacial score (nSPS) is 19.2. The van der Waals surface area contributed by atoms with Gasteiger partial charge in [0.25, 0.3) is 0 Å². The number of aryl methyl sites for hydroxylation is 1. The van der Waals surface area contributed by atoms with Crippen LogP contribution in [0, 0.1) is 12.8 Å². The standard InChI is InChI=1S/C15H19NO2/c1-3-18-15(17)13-9-7-12(8-10-13)14-6-4-5-11(2)16-14/h4-7,13H,3,8-10H2,1-2H3/t13-/m0/s1. The fraction of sp³-hybridized carbons (Fsp3) is 0.467. The quantitative estimate of drug-likeness (QED) is 0.768. The van der Waals surface area contributed by atoms with Crippen LogP contribution in [0.5, 0.6) is 0 Å². The van der Waals surface area contributed by atoms with Gasteiger partial charge in [0.2, 0.25) is 0 Å². The van der Waals surface area contributed by atoms with Gasteiger partial charge in [-0.3, -0.25) is 9.78 Å². The number of carbonyl (C=O) groups excluding carboxylic acids is 1. The summed E-state index contributed by atoms with van der Waals surface area (Å²) in [6.07, 6.45) is 4.66. The summed E-state index contributed by atoms with van der Waals surface area (Å²) in [7, 11) is 0. The van der Waals surface area contributed by atoms with E-state index in [-0.39, 0.29) is 11.9 Å². The molecule has 0 amide bonds. The number of allylic oxidation sites excluding steroid dienone is 2. The molecule has 0 radical (unpaired) electrons.